The summed E-state index contributed by atoms with van der Waals surface area (Å²) in [5.41, 5.74) is 5.49. The molecule has 0 aromatic rings. The topological polar surface area (TPSA) is 49.5 Å². The van der Waals surface area contributed by atoms with Gasteiger partial charge < -0.3 is 15.7 Å². The molecule has 0 bridgehead atoms. The first-order valence-corrected chi connectivity index (χ1v) is 5.89. The molecule has 0 fully saturated rings. The average molecular weight is 216 g/mol. The van der Waals surface area contributed by atoms with E-state index in [-0.39, 0.29) is 6.61 Å². The number of nitrogens with zero attached hydrogens (tertiary/aromatic N) is 1. The zero-order valence-corrected chi connectivity index (χ0v) is 11.0. The molecule has 3 nitrogen and oxygen atoms in total. The van der Waals surface area contributed by atoms with E-state index in [0.717, 1.165) is 19.6 Å². The third kappa shape index (κ3) is 7.77. The summed E-state index contributed by atoms with van der Waals surface area (Å²) in [6.07, 6.45) is 0. The Morgan fingerprint density at radius 3 is 1.80 bits per heavy atom. The summed E-state index contributed by atoms with van der Waals surface area (Å²) in [6, 6.07) is 0. The van der Waals surface area contributed by atoms with Crippen molar-refractivity contribution in [2.75, 3.05) is 26.2 Å². The van der Waals surface area contributed by atoms with Gasteiger partial charge in [0.05, 0.1) is 6.61 Å². The van der Waals surface area contributed by atoms with E-state index in [2.05, 4.69) is 32.6 Å². The van der Waals surface area contributed by atoms with Crippen molar-refractivity contribution in [3.63, 3.8) is 0 Å². The molecule has 0 heterocycles. The maximum Gasteiger partial charge on any atom is 0.0621 e. The largest absolute Gasteiger partial charge is 0.394 e. The minimum absolute atomic E-state index is 0.0414. The number of aliphatic hydroxyl groups excluding tert-OH is 1. The average Bonchev–Trinajstić information content (AvgIpc) is 2.00. The lowest BCUT2D eigenvalue weighted by Crippen LogP contribution is -2.52. The first-order chi connectivity index (χ1) is 6.76. The van der Waals surface area contributed by atoms with Crippen LogP contribution >= 0.6 is 0 Å². The normalized spacial score (nSPS) is 16.4. The van der Waals surface area contributed by atoms with Crippen molar-refractivity contribution in [1.29, 1.82) is 0 Å². The molecule has 1 atom stereocenters. The van der Waals surface area contributed by atoms with Gasteiger partial charge in [-0.25, -0.2) is 0 Å². The van der Waals surface area contributed by atoms with Crippen LogP contribution in [0.5, 0.6) is 0 Å². The molecule has 0 spiro atoms. The van der Waals surface area contributed by atoms with Gasteiger partial charge in [0.2, 0.25) is 0 Å². The molecule has 0 aliphatic heterocycles. The van der Waals surface area contributed by atoms with Crippen LogP contribution in [0.3, 0.4) is 0 Å². The van der Waals surface area contributed by atoms with Crippen molar-refractivity contribution in [2.24, 2.45) is 17.6 Å². The van der Waals surface area contributed by atoms with Crippen LogP contribution in [0.25, 0.3) is 0 Å². The van der Waals surface area contributed by atoms with E-state index in [1.165, 1.54) is 0 Å². The molecule has 0 aromatic heterocycles. The van der Waals surface area contributed by atoms with Crippen molar-refractivity contribution < 1.29 is 5.11 Å². The molecule has 0 amide bonds. The van der Waals surface area contributed by atoms with Gasteiger partial charge in [0.15, 0.2) is 0 Å². The summed E-state index contributed by atoms with van der Waals surface area (Å²) in [4.78, 5) is 2.35. The lowest BCUT2D eigenvalue weighted by Gasteiger charge is -2.33. The van der Waals surface area contributed by atoms with Crippen molar-refractivity contribution >= 4 is 0 Å². The predicted octanol–water partition coefficient (Wildman–Crippen LogP) is 1.31. The highest BCUT2D eigenvalue weighted by Gasteiger charge is 2.22. The van der Waals surface area contributed by atoms with Gasteiger partial charge in [-0.2, -0.15) is 0 Å². The van der Waals surface area contributed by atoms with Gasteiger partial charge in [-0.05, 0) is 18.8 Å². The fraction of sp³-hybridized carbons (Fsp3) is 1.00. The van der Waals surface area contributed by atoms with E-state index in [1.54, 1.807) is 0 Å². The standard InChI is InChI=1S/C12H28N2O/c1-10(2)6-14(7-11(3)4)8-12(5,13)9-15/h10-11,15H,6-9,13H2,1-5H3. The Morgan fingerprint density at radius 2 is 1.53 bits per heavy atom. The van der Waals surface area contributed by atoms with Gasteiger partial charge in [-0.1, -0.05) is 27.7 Å². The Hall–Kier alpha value is -0.120. The van der Waals surface area contributed by atoms with Crippen LogP contribution in [-0.4, -0.2) is 41.8 Å². The van der Waals surface area contributed by atoms with Gasteiger partial charge >= 0.3 is 0 Å². The van der Waals surface area contributed by atoms with E-state index in [1.807, 2.05) is 6.92 Å². The Bertz CT molecular complexity index is 157. The van der Waals surface area contributed by atoms with Crippen LogP contribution in [-0.2, 0) is 0 Å². The molecule has 0 rings (SSSR count). The summed E-state index contributed by atoms with van der Waals surface area (Å²) in [7, 11) is 0. The molecule has 0 saturated heterocycles. The van der Waals surface area contributed by atoms with Gasteiger partial charge in [0, 0.05) is 25.2 Å². The van der Waals surface area contributed by atoms with Crippen LogP contribution in [0.4, 0.5) is 0 Å². The highest BCUT2D eigenvalue weighted by atomic mass is 16.3. The van der Waals surface area contributed by atoms with Crippen LogP contribution in [0, 0.1) is 11.8 Å². The minimum atomic E-state index is -0.482. The molecule has 3 N–H and O–H groups in total. The lowest BCUT2D eigenvalue weighted by molar-refractivity contribution is 0.130. The van der Waals surface area contributed by atoms with E-state index in [4.69, 9.17) is 10.8 Å². The van der Waals surface area contributed by atoms with Gasteiger partial charge in [0.1, 0.15) is 0 Å². The van der Waals surface area contributed by atoms with Crippen LogP contribution < -0.4 is 5.73 Å². The molecule has 15 heavy (non-hydrogen) atoms. The Balaban J connectivity index is 4.23. The second kappa shape index (κ2) is 6.46. The van der Waals surface area contributed by atoms with Crippen molar-refractivity contribution in [2.45, 2.75) is 40.2 Å². The summed E-state index contributed by atoms with van der Waals surface area (Å²) in [6.45, 7) is 13.6. The molecule has 3 heteroatoms. The highest BCUT2D eigenvalue weighted by molar-refractivity contribution is 4.82. The fourth-order valence-electron chi connectivity index (χ4n) is 1.80. The van der Waals surface area contributed by atoms with Gasteiger partial charge in [-0.3, -0.25) is 0 Å². The zero-order chi connectivity index (χ0) is 12.1. The number of hydrogen-bond donors (Lipinski definition) is 2. The number of nitrogens with two attached hydrogens (primary N) is 1. The fourth-order valence-corrected chi connectivity index (χ4v) is 1.80. The van der Waals surface area contributed by atoms with Gasteiger partial charge in [0.25, 0.3) is 0 Å². The maximum absolute atomic E-state index is 9.16. The molecular weight excluding hydrogens is 188 g/mol. The molecule has 0 radical (unpaired) electrons. The molecule has 1 unspecified atom stereocenters. The van der Waals surface area contributed by atoms with Crippen molar-refractivity contribution in [3.05, 3.63) is 0 Å². The van der Waals surface area contributed by atoms with Crippen molar-refractivity contribution in [1.82, 2.24) is 4.90 Å². The van der Waals surface area contributed by atoms with Gasteiger partial charge in [-0.15, -0.1) is 0 Å². The first-order valence-electron chi connectivity index (χ1n) is 5.89. The summed E-state index contributed by atoms with van der Waals surface area (Å²) < 4.78 is 0. The summed E-state index contributed by atoms with van der Waals surface area (Å²) in [5.74, 6) is 1.27. The monoisotopic (exact) mass is 216 g/mol. The molecular formula is C12H28N2O. The Labute approximate surface area is 94.6 Å². The first kappa shape index (κ1) is 14.9. The zero-order valence-electron chi connectivity index (χ0n) is 11.0. The third-order valence-electron chi connectivity index (χ3n) is 2.19. The number of aliphatic hydroxyl groups is 1. The quantitative estimate of drug-likeness (QED) is 0.674. The van der Waals surface area contributed by atoms with E-state index in [0.29, 0.717) is 11.8 Å². The minimum Gasteiger partial charge on any atom is -0.394 e. The van der Waals surface area contributed by atoms with Crippen LogP contribution in [0.2, 0.25) is 0 Å². The summed E-state index contributed by atoms with van der Waals surface area (Å²) >= 11 is 0. The predicted molar refractivity (Wildman–Crippen MR) is 65.8 cm³/mol. The van der Waals surface area contributed by atoms with E-state index in [9.17, 15) is 0 Å². The maximum atomic E-state index is 9.16. The Morgan fingerprint density at radius 1 is 1.13 bits per heavy atom. The van der Waals surface area contributed by atoms with Crippen LogP contribution in [0.15, 0.2) is 0 Å². The second-order valence-corrected chi connectivity index (χ2v) is 5.79. The molecule has 92 valence electrons. The molecule has 0 saturated carbocycles. The summed E-state index contributed by atoms with van der Waals surface area (Å²) in [5, 5.41) is 9.16. The molecule has 0 aromatic carbocycles. The molecule has 0 aliphatic carbocycles. The lowest BCUT2D eigenvalue weighted by atomic mass is 10.0. The smallest absolute Gasteiger partial charge is 0.0621 e. The number of hydrogen-bond acceptors (Lipinski definition) is 3. The van der Waals surface area contributed by atoms with Crippen LogP contribution in [0.1, 0.15) is 34.6 Å². The Kier molecular flexibility index (Phi) is 6.41. The van der Waals surface area contributed by atoms with E-state index < -0.39 is 5.54 Å². The van der Waals surface area contributed by atoms with E-state index >= 15 is 0 Å². The third-order valence-corrected chi connectivity index (χ3v) is 2.19. The second-order valence-electron chi connectivity index (χ2n) is 5.79. The number of rotatable bonds is 7. The SMILES string of the molecule is CC(C)CN(CC(C)C)CC(C)(N)CO. The molecule has 0 aliphatic rings. The highest BCUT2D eigenvalue weighted by Crippen LogP contribution is 2.08. The van der Waals surface area contributed by atoms with Crippen molar-refractivity contribution in [3.8, 4) is 0 Å².